The minimum atomic E-state index is -3.54. The maximum atomic E-state index is 12.4. The van der Waals surface area contributed by atoms with Crippen LogP contribution in [-0.2, 0) is 27.1 Å². The molecule has 126 valence electrons. The third kappa shape index (κ3) is 4.21. The van der Waals surface area contributed by atoms with Gasteiger partial charge in [-0.1, -0.05) is 60.7 Å². The first kappa shape index (κ1) is 16.7. The van der Waals surface area contributed by atoms with Crippen molar-refractivity contribution in [3.8, 4) is 0 Å². The quantitative estimate of drug-likeness (QED) is 0.870. The molecule has 6 heteroatoms. The van der Waals surface area contributed by atoms with Crippen molar-refractivity contribution in [1.82, 2.24) is 9.62 Å². The molecule has 0 aliphatic carbocycles. The van der Waals surface area contributed by atoms with Crippen LogP contribution in [0.15, 0.2) is 60.7 Å². The maximum absolute atomic E-state index is 12.4. The Hall–Kier alpha value is -2.18. The van der Waals surface area contributed by atoms with Crippen LogP contribution in [0.5, 0.6) is 0 Å². The Kier molecular flexibility index (Phi) is 4.97. The third-order valence-electron chi connectivity index (χ3n) is 4.04. The van der Waals surface area contributed by atoms with Gasteiger partial charge in [-0.3, -0.25) is 4.79 Å². The fourth-order valence-electron chi connectivity index (χ4n) is 2.86. The summed E-state index contributed by atoms with van der Waals surface area (Å²) in [6, 6.07) is 18.0. The SMILES string of the molecule is O=C1[C@H](NS(=O)(=O)Cc2ccccc2)CCN1Cc1ccccc1. The zero-order valence-corrected chi connectivity index (χ0v) is 14.1. The Bertz CT molecular complexity index is 792. The predicted molar refractivity (Wildman–Crippen MR) is 92.5 cm³/mol. The van der Waals surface area contributed by atoms with Crippen molar-refractivity contribution >= 4 is 15.9 Å². The molecule has 1 N–H and O–H groups in total. The molecule has 0 unspecified atom stereocenters. The summed E-state index contributed by atoms with van der Waals surface area (Å²) >= 11 is 0. The summed E-state index contributed by atoms with van der Waals surface area (Å²) in [5.74, 6) is -0.272. The summed E-state index contributed by atoms with van der Waals surface area (Å²) in [5.41, 5.74) is 1.75. The molecular formula is C18H20N2O3S. The molecule has 2 aromatic carbocycles. The van der Waals surface area contributed by atoms with E-state index < -0.39 is 16.1 Å². The van der Waals surface area contributed by atoms with Gasteiger partial charge in [-0.2, -0.15) is 0 Å². The summed E-state index contributed by atoms with van der Waals surface area (Å²) in [7, 11) is -3.54. The van der Waals surface area contributed by atoms with Gasteiger partial charge < -0.3 is 4.90 Å². The lowest BCUT2D eigenvalue weighted by Gasteiger charge is -2.17. The predicted octanol–water partition coefficient (Wildman–Crippen LogP) is 1.91. The lowest BCUT2D eigenvalue weighted by atomic mass is 10.2. The van der Waals surface area contributed by atoms with Crippen LogP contribution >= 0.6 is 0 Å². The minimum Gasteiger partial charge on any atom is -0.337 e. The molecule has 1 amide bonds. The van der Waals surface area contributed by atoms with E-state index in [9.17, 15) is 13.2 Å². The Morgan fingerprint density at radius 2 is 1.54 bits per heavy atom. The van der Waals surface area contributed by atoms with Crippen molar-refractivity contribution in [2.24, 2.45) is 0 Å². The number of carbonyl (C=O) groups excluding carboxylic acids is 1. The van der Waals surface area contributed by atoms with Crippen LogP contribution in [0, 0.1) is 0 Å². The number of likely N-dealkylation sites (tertiary alicyclic amines) is 1. The Balaban J connectivity index is 1.61. The number of benzene rings is 2. The summed E-state index contributed by atoms with van der Waals surface area (Å²) in [4.78, 5) is 14.1. The summed E-state index contributed by atoms with van der Waals surface area (Å²) in [5, 5.41) is 0. The average molecular weight is 344 g/mol. The van der Waals surface area contributed by atoms with E-state index in [0.717, 1.165) is 5.56 Å². The van der Waals surface area contributed by atoms with E-state index in [0.29, 0.717) is 25.1 Å². The van der Waals surface area contributed by atoms with E-state index in [1.165, 1.54) is 0 Å². The maximum Gasteiger partial charge on any atom is 0.241 e. The number of hydrogen-bond acceptors (Lipinski definition) is 3. The highest BCUT2D eigenvalue weighted by atomic mass is 32.2. The van der Waals surface area contributed by atoms with Gasteiger partial charge >= 0.3 is 0 Å². The Labute approximate surface area is 142 Å². The van der Waals surface area contributed by atoms with E-state index in [-0.39, 0.29) is 11.7 Å². The number of carbonyl (C=O) groups is 1. The first-order chi connectivity index (χ1) is 11.5. The van der Waals surface area contributed by atoms with Crippen LogP contribution in [-0.4, -0.2) is 31.8 Å². The molecule has 24 heavy (non-hydrogen) atoms. The average Bonchev–Trinajstić information content (AvgIpc) is 2.89. The number of nitrogens with one attached hydrogen (secondary N) is 1. The van der Waals surface area contributed by atoms with Gasteiger partial charge in [0.05, 0.1) is 5.75 Å². The van der Waals surface area contributed by atoms with Crippen LogP contribution < -0.4 is 4.72 Å². The number of rotatable bonds is 6. The second-order valence-electron chi connectivity index (χ2n) is 5.95. The molecule has 0 bridgehead atoms. The smallest absolute Gasteiger partial charge is 0.241 e. The number of hydrogen-bond donors (Lipinski definition) is 1. The van der Waals surface area contributed by atoms with Gasteiger partial charge in [0.25, 0.3) is 0 Å². The Morgan fingerprint density at radius 3 is 2.17 bits per heavy atom. The van der Waals surface area contributed by atoms with Crippen molar-refractivity contribution in [3.05, 3.63) is 71.8 Å². The van der Waals surface area contributed by atoms with Crippen LogP contribution in [0.1, 0.15) is 17.5 Å². The normalized spacial score (nSPS) is 18.1. The van der Waals surface area contributed by atoms with Gasteiger partial charge in [-0.25, -0.2) is 13.1 Å². The molecule has 3 rings (SSSR count). The van der Waals surface area contributed by atoms with E-state index in [4.69, 9.17) is 0 Å². The van der Waals surface area contributed by atoms with Gasteiger partial charge in [0.1, 0.15) is 6.04 Å². The van der Waals surface area contributed by atoms with E-state index in [2.05, 4.69) is 4.72 Å². The monoisotopic (exact) mass is 344 g/mol. The fraction of sp³-hybridized carbons (Fsp3) is 0.278. The zero-order valence-electron chi connectivity index (χ0n) is 13.3. The van der Waals surface area contributed by atoms with E-state index in [1.807, 2.05) is 36.4 Å². The van der Waals surface area contributed by atoms with Crippen molar-refractivity contribution in [3.63, 3.8) is 0 Å². The summed E-state index contributed by atoms with van der Waals surface area (Å²) in [6.45, 7) is 1.07. The highest BCUT2D eigenvalue weighted by molar-refractivity contribution is 7.88. The van der Waals surface area contributed by atoms with Crippen LogP contribution in [0.25, 0.3) is 0 Å². The highest BCUT2D eigenvalue weighted by Gasteiger charge is 2.34. The molecule has 1 aliphatic heterocycles. The number of sulfonamides is 1. The van der Waals surface area contributed by atoms with Crippen LogP contribution in [0.4, 0.5) is 0 Å². The molecule has 1 fully saturated rings. The lowest BCUT2D eigenvalue weighted by Crippen LogP contribution is -2.41. The van der Waals surface area contributed by atoms with Gasteiger partial charge in [-0.15, -0.1) is 0 Å². The molecule has 1 saturated heterocycles. The topological polar surface area (TPSA) is 66.5 Å². The number of amides is 1. The molecule has 5 nitrogen and oxygen atoms in total. The second-order valence-corrected chi connectivity index (χ2v) is 7.70. The van der Waals surface area contributed by atoms with Gasteiger partial charge in [0, 0.05) is 13.1 Å². The number of nitrogens with zero attached hydrogens (tertiary/aromatic N) is 1. The molecule has 1 aliphatic rings. The van der Waals surface area contributed by atoms with Crippen LogP contribution in [0.2, 0.25) is 0 Å². The molecule has 0 saturated carbocycles. The van der Waals surface area contributed by atoms with Crippen LogP contribution in [0.3, 0.4) is 0 Å². The standard InChI is InChI=1S/C18H20N2O3S/c21-18-17(11-12-20(18)13-15-7-3-1-4-8-15)19-24(22,23)14-16-9-5-2-6-10-16/h1-10,17,19H,11-14H2/t17-/m1/s1. The molecule has 0 spiro atoms. The van der Waals surface area contributed by atoms with Gasteiger partial charge in [0.15, 0.2) is 0 Å². The van der Waals surface area contributed by atoms with Crippen molar-refractivity contribution < 1.29 is 13.2 Å². The van der Waals surface area contributed by atoms with Crippen molar-refractivity contribution in [2.45, 2.75) is 24.8 Å². The van der Waals surface area contributed by atoms with Crippen molar-refractivity contribution in [2.75, 3.05) is 6.54 Å². The summed E-state index contributed by atoms with van der Waals surface area (Å²) < 4.78 is 27.1. The van der Waals surface area contributed by atoms with Crippen molar-refractivity contribution in [1.29, 1.82) is 0 Å². The largest absolute Gasteiger partial charge is 0.337 e. The minimum absolute atomic E-state index is 0.115. The molecular weight excluding hydrogens is 324 g/mol. The highest BCUT2D eigenvalue weighted by Crippen LogP contribution is 2.16. The van der Waals surface area contributed by atoms with Gasteiger partial charge in [0.2, 0.25) is 15.9 Å². The molecule has 1 heterocycles. The molecule has 0 aromatic heterocycles. The molecule has 2 aromatic rings. The summed E-state index contributed by atoms with van der Waals surface area (Å²) in [6.07, 6.45) is 0.500. The lowest BCUT2D eigenvalue weighted by molar-refractivity contribution is -0.129. The van der Waals surface area contributed by atoms with Gasteiger partial charge in [-0.05, 0) is 17.5 Å². The Morgan fingerprint density at radius 1 is 0.958 bits per heavy atom. The van der Waals surface area contributed by atoms with E-state index >= 15 is 0 Å². The van der Waals surface area contributed by atoms with E-state index in [1.54, 1.807) is 29.2 Å². The fourth-order valence-corrected chi connectivity index (χ4v) is 4.23. The first-order valence-electron chi connectivity index (χ1n) is 7.90. The first-order valence-corrected chi connectivity index (χ1v) is 9.55. The second kappa shape index (κ2) is 7.15. The molecule has 0 radical (unpaired) electrons. The molecule has 1 atom stereocenters. The third-order valence-corrected chi connectivity index (χ3v) is 5.39. The zero-order chi connectivity index (χ0) is 17.0.